The van der Waals surface area contributed by atoms with Crippen molar-refractivity contribution in [2.75, 3.05) is 5.32 Å². The maximum Gasteiger partial charge on any atom is 0.292 e. The molecule has 8 heteroatoms. The number of hydrogen-bond acceptors (Lipinski definition) is 5. The number of rotatable bonds is 5. The van der Waals surface area contributed by atoms with Gasteiger partial charge in [0.1, 0.15) is 5.69 Å². The summed E-state index contributed by atoms with van der Waals surface area (Å²) in [5, 5.41) is 24.9. The number of anilines is 1. The van der Waals surface area contributed by atoms with E-state index in [4.69, 9.17) is 11.6 Å². The van der Waals surface area contributed by atoms with Gasteiger partial charge in [-0.25, -0.2) is 0 Å². The van der Waals surface area contributed by atoms with Gasteiger partial charge >= 0.3 is 0 Å². The summed E-state index contributed by atoms with van der Waals surface area (Å²) in [5.41, 5.74) is 0.659. The predicted octanol–water partition coefficient (Wildman–Crippen LogP) is 3.77. The third-order valence-corrected chi connectivity index (χ3v) is 3.18. The molecule has 2 aromatic carbocycles. The van der Waals surface area contributed by atoms with Crippen LogP contribution in [0.1, 0.15) is 5.56 Å². The van der Waals surface area contributed by atoms with Crippen molar-refractivity contribution in [2.45, 2.75) is 6.54 Å². The van der Waals surface area contributed by atoms with Gasteiger partial charge in [0.25, 0.3) is 11.4 Å². The second-order valence-electron chi connectivity index (χ2n) is 4.16. The van der Waals surface area contributed by atoms with Gasteiger partial charge in [-0.2, -0.15) is 0 Å². The molecule has 7 nitrogen and oxygen atoms in total. The molecule has 0 fully saturated rings. The van der Waals surface area contributed by atoms with Gasteiger partial charge in [-0.05, 0) is 17.7 Å². The van der Waals surface area contributed by atoms with Crippen LogP contribution in [0, 0.1) is 20.2 Å². The quantitative estimate of drug-likeness (QED) is 0.669. The van der Waals surface area contributed by atoms with E-state index in [2.05, 4.69) is 5.32 Å². The number of benzene rings is 2. The van der Waals surface area contributed by atoms with Crippen molar-refractivity contribution >= 4 is 28.7 Å². The van der Waals surface area contributed by atoms with Crippen molar-refractivity contribution in [3.63, 3.8) is 0 Å². The average Bonchev–Trinajstić information content (AvgIpc) is 2.46. The zero-order valence-electron chi connectivity index (χ0n) is 10.7. The monoisotopic (exact) mass is 307 g/mol. The van der Waals surface area contributed by atoms with Gasteiger partial charge in [-0.1, -0.05) is 23.7 Å². The summed E-state index contributed by atoms with van der Waals surface area (Å²) in [6.07, 6.45) is 0. The van der Waals surface area contributed by atoms with E-state index in [1.807, 2.05) is 0 Å². The highest BCUT2D eigenvalue weighted by molar-refractivity contribution is 6.31. The Balaban J connectivity index is 2.22. The first-order chi connectivity index (χ1) is 9.99. The highest BCUT2D eigenvalue weighted by Gasteiger charge is 2.14. The summed E-state index contributed by atoms with van der Waals surface area (Å²) < 4.78 is 0. The molecule has 2 aromatic rings. The molecular weight excluding hydrogens is 298 g/mol. The number of halogens is 1. The fourth-order valence-electron chi connectivity index (χ4n) is 1.78. The molecule has 0 aliphatic carbocycles. The molecule has 0 amide bonds. The Hall–Kier alpha value is -2.67. The molecule has 0 bridgehead atoms. The number of nitro benzene ring substituents is 2. The smallest absolute Gasteiger partial charge is 0.292 e. The Kier molecular flexibility index (Phi) is 4.34. The average molecular weight is 308 g/mol. The molecule has 1 N–H and O–H groups in total. The van der Waals surface area contributed by atoms with Crippen LogP contribution >= 0.6 is 11.6 Å². The predicted molar refractivity (Wildman–Crippen MR) is 78.5 cm³/mol. The second kappa shape index (κ2) is 6.19. The van der Waals surface area contributed by atoms with E-state index in [9.17, 15) is 20.2 Å². The SMILES string of the molecule is O=[N+]([O-])c1ccc(Cl)c(CNc2ccccc2[N+](=O)[O-])c1. The molecule has 0 spiro atoms. The second-order valence-corrected chi connectivity index (χ2v) is 4.57. The zero-order chi connectivity index (χ0) is 15.4. The molecule has 0 saturated carbocycles. The Morgan fingerprint density at radius 1 is 1.05 bits per heavy atom. The number of nitrogens with one attached hydrogen (secondary N) is 1. The van der Waals surface area contributed by atoms with E-state index < -0.39 is 9.85 Å². The van der Waals surface area contributed by atoms with Crippen LogP contribution in [-0.2, 0) is 6.54 Å². The van der Waals surface area contributed by atoms with Crippen LogP contribution in [0.4, 0.5) is 17.1 Å². The van der Waals surface area contributed by atoms with Crippen molar-refractivity contribution in [1.82, 2.24) is 0 Å². The number of non-ortho nitro benzene ring substituents is 1. The largest absolute Gasteiger partial charge is 0.375 e. The van der Waals surface area contributed by atoms with E-state index in [0.717, 1.165) is 0 Å². The Morgan fingerprint density at radius 3 is 2.43 bits per heavy atom. The summed E-state index contributed by atoms with van der Waals surface area (Å²) >= 11 is 5.97. The first-order valence-electron chi connectivity index (χ1n) is 5.89. The standard InChI is InChI=1S/C13H10ClN3O4/c14-11-6-5-10(16(18)19)7-9(11)8-15-12-3-1-2-4-13(12)17(20)21/h1-7,15H,8H2. The Bertz CT molecular complexity index is 706. The Labute approximate surface area is 124 Å². The lowest BCUT2D eigenvalue weighted by Gasteiger charge is -2.08. The van der Waals surface area contributed by atoms with Crippen LogP contribution in [0.2, 0.25) is 5.02 Å². The first kappa shape index (κ1) is 14.7. The fourth-order valence-corrected chi connectivity index (χ4v) is 1.97. The van der Waals surface area contributed by atoms with Gasteiger partial charge in [0.05, 0.1) is 9.85 Å². The van der Waals surface area contributed by atoms with Gasteiger partial charge in [0.2, 0.25) is 0 Å². The minimum absolute atomic E-state index is 0.0703. The normalized spacial score (nSPS) is 10.1. The summed E-state index contributed by atoms with van der Waals surface area (Å²) in [6.45, 7) is 0.144. The molecule has 0 aliphatic rings. The molecule has 0 saturated heterocycles. The van der Waals surface area contributed by atoms with E-state index in [1.165, 1.54) is 24.3 Å². The van der Waals surface area contributed by atoms with E-state index in [1.54, 1.807) is 18.2 Å². The van der Waals surface area contributed by atoms with Crippen molar-refractivity contribution < 1.29 is 9.85 Å². The molecule has 0 atom stereocenters. The third kappa shape index (κ3) is 3.46. The van der Waals surface area contributed by atoms with Crippen molar-refractivity contribution in [3.8, 4) is 0 Å². The Morgan fingerprint density at radius 2 is 1.76 bits per heavy atom. The summed E-state index contributed by atoms with van der Waals surface area (Å²) in [5.74, 6) is 0. The van der Waals surface area contributed by atoms with Crippen molar-refractivity contribution in [3.05, 3.63) is 73.3 Å². The first-order valence-corrected chi connectivity index (χ1v) is 6.27. The van der Waals surface area contributed by atoms with Crippen molar-refractivity contribution in [1.29, 1.82) is 0 Å². The van der Waals surface area contributed by atoms with Gasteiger partial charge in [-0.3, -0.25) is 20.2 Å². The lowest BCUT2D eigenvalue weighted by Crippen LogP contribution is -2.03. The van der Waals surface area contributed by atoms with Crippen LogP contribution in [0.5, 0.6) is 0 Å². The molecule has 0 aliphatic heterocycles. The van der Waals surface area contributed by atoms with Crippen LogP contribution < -0.4 is 5.32 Å². The van der Waals surface area contributed by atoms with E-state index >= 15 is 0 Å². The maximum absolute atomic E-state index is 10.9. The molecule has 21 heavy (non-hydrogen) atoms. The molecular formula is C13H10ClN3O4. The van der Waals surface area contributed by atoms with Gasteiger partial charge < -0.3 is 5.32 Å². The molecule has 0 aromatic heterocycles. The van der Waals surface area contributed by atoms with Gasteiger partial charge in [0, 0.05) is 29.8 Å². The molecule has 108 valence electrons. The lowest BCUT2D eigenvalue weighted by molar-refractivity contribution is -0.384. The van der Waals surface area contributed by atoms with Gasteiger partial charge in [-0.15, -0.1) is 0 Å². The summed E-state index contributed by atoms with van der Waals surface area (Å²) in [7, 11) is 0. The highest BCUT2D eigenvalue weighted by Crippen LogP contribution is 2.26. The topological polar surface area (TPSA) is 98.3 Å². The summed E-state index contributed by atoms with van der Waals surface area (Å²) in [4.78, 5) is 20.6. The maximum atomic E-state index is 10.9. The minimum atomic E-state index is -0.523. The lowest BCUT2D eigenvalue weighted by atomic mass is 10.2. The van der Waals surface area contributed by atoms with E-state index in [0.29, 0.717) is 16.3 Å². The molecule has 0 heterocycles. The number of para-hydroxylation sites is 2. The fraction of sp³-hybridized carbons (Fsp3) is 0.0769. The van der Waals surface area contributed by atoms with Crippen LogP contribution in [0.15, 0.2) is 42.5 Å². The van der Waals surface area contributed by atoms with Crippen LogP contribution in [0.25, 0.3) is 0 Å². The number of nitro groups is 2. The van der Waals surface area contributed by atoms with Crippen LogP contribution in [-0.4, -0.2) is 9.85 Å². The molecule has 0 radical (unpaired) electrons. The number of nitrogens with zero attached hydrogens (tertiary/aromatic N) is 2. The molecule has 0 unspecified atom stereocenters. The molecule has 2 rings (SSSR count). The van der Waals surface area contributed by atoms with E-state index in [-0.39, 0.29) is 17.9 Å². The van der Waals surface area contributed by atoms with Gasteiger partial charge in [0.15, 0.2) is 0 Å². The number of hydrogen-bond donors (Lipinski definition) is 1. The van der Waals surface area contributed by atoms with Crippen molar-refractivity contribution in [2.24, 2.45) is 0 Å². The summed E-state index contributed by atoms with van der Waals surface area (Å²) in [6, 6.07) is 10.2. The zero-order valence-corrected chi connectivity index (χ0v) is 11.4. The third-order valence-electron chi connectivity index (χ3n) is 2.81. The van der Waals surface area contributed by atoms with Crippen LogP contribution in [0.3, 0.4) is 0 Å². The minimum Gasteiger partial charge on any atom is -0.375 e. The highest BCUT2D eigenvalue weighted by atomic mass is 35.5.